The van der Waals surface area contributed by atoms with E-state index in [1.54, 1.807) is 26.0 Å². The van der Waals surface area contributed by atoms with Crippen LogP contribution in [0.1, 0.15) is 5.56 Å². The van der Waals surface area contributed by atoms with E-state index in [-0.39, 0.29) is 0 Å². The number of methoxy groups -OCH3 is 2. The predicted octanol–water partition coefficient (Wildman–Crippen LogP) is 5.24. The largest absolute Gasteiger partial charge is 0.497 e. The Hall–Kier alpha value is -3.25. The first-order valence-electron chi connectivity index (χ1n) is 9.20. The van der Waals surface area contributed by atoms with Gasteiger partial charge in [0.2, 0.25) is 0 Å². The van der Waals surface area contributed by atoms with Crippen LogP contribution in [0.2, 0.25) is 0 Å². The van der Waals surface area contributed by atoms with E-state index < -0.39 is 0 Å². The molecule has 0 radical (unpaired) electrons. The molecule has 0 saturated heterocycles. The van der Waals surface area contributed by atoms with Gasteiger partial charge in [-0.1, -0.05) is 60.3 Å². The minimum atomic E-state index is 0.729. The predicted molar refractivity (Wildman–Crippen MR) is 116 cm³/mol. The zero-order valence-corrected chi connectivity index (χ0v) is 17.1. The Balaban J connectivity index is 1.73. The average molecular weight is 404 g/mol. The molecular weight excluding hydrogens is 382 g/mol. The molecule has 4 rings (SSSR count). The van der Waals surface area contributed by atoms with Gasteiger partial charge in [-0.15, -0.1) is 10.2 Å². The molecule has 0 aliphatic carbocycles. The van der Waals surface area contributed by atoms with Crippen molar-refractivity contribution in [3.05, 3.63) is 84.4 Å². The van der Waals surface area contributed by atoms with E-state index in [4.69, 9.17) is 9.47 Å². The van der Waals surface area contributed by atoms with Gasteiger partial charge in [0, 0.05) is 22.6 Å². The average Bonchev–Trinajstić information content (AvgIpc) is 3.22. The van der Waals surface area contributed by atoms with Crippen LogP contribution in [-0.4, -0.2) is 29.0 Å². The van der Waals surface area contributed by atoms with E-state index in [0.717, 1.165) is 45.0 Å². The summed E-state index contributed by atoms with van der Waals surface area (Å²) in [6.45, 7) is 0. The summed E-state index contributed by atoms with van der Waals surface area (Å²) in [5.41, 5.74) is 3.08. The topological polar surface area (TPSA) is 49.2 Å². The molecule has 1 heterocycles. The van der Waals surface area contributed by atoms with Crippen molar-refractivity contribution < 1.29 is 9.47 Å². The van der Waals surface area contributed by atoms with Crippen LogP contribution >= 0.6 is 11.8 Å². The molecule has 0 fully saturated rings. The molecule has 146 valence electrons. The molecule has 0 aliphatic rings. The smallest absolute Gasteiger partial charge is 0.196 e. The molecule has 4 aromatic rings. The number of thioether (sulfide) groups is 1. The van der Waals surface area contributed by atoms with Gasteiger partial charge in [-0.3, -0.25) is 4.57 Å². The van der Waals surface area contributed by atoms with Crippen molar-refractivity contribution in [2.24, 2.45) is 0 Å². The van der Waals surface area contributed by atoms with Crippen molar-refractivity contribution in [1.82, 2.24) is 14.8 Å². The maximum atomic E-state index is 5.48. The Morgan fingerprint density at radius 1 is 0.828 bits per heavy atom. The third-order valence-corrected chi connectivity index (χ3v) is 5.50. The third kappa shape index (κ3) is 4.12. The lowest BCUT2D eigenvalue weighted by molar-refractivity contribution is 0.411. The first-order valence-corrected chi connectivity index (χ1v) is 10.2. The highest BCUT2D eigenvalue weighted by Gasteiger charge is 2.17. The first kappa shape index (κ1) is 19.1. The van der Waals surface area contributed by atoms with Crippen LogP contribution in [0.4, 0.5) is 0 Å². The van der Waals surface area contributed by atoms with Crippen LogP contribution in [0.15, 0.2) is 84.0 Å². The van der Waals surface area contributed by atoms with Gasteiger partial charge < -0.3 is 9.47 Å². The quantitative estimate of drug-likeness (QED) is 0.395. The Kier molecular flexibility index (Phi) is 5.81. The Morgan fingerprint density at radius 2 is 1.62 bits per heavy atom. The number of hydrogen-bond acceptors (Lipinski definition) is 5. The lowest BCUT2D eigenvalue weighted by atomic mass is 10.2. The van der Waals surface area contributed by atoms with Crippen molar-refractivity contribution in [2.45, 2.75) is 10.9 Å². The van der Waals surface area contributed by atoms with Crippen molar-refractivity contribution in [3.63, 3.8) is 0 Å². The molecule has 29 heavy (non-hydrogen) atoms. The highest BCUT2D eigenvalue weighted by molar-refractivity contribution is 7.98. The van der Waals surface area contributed by atoms with Gasteiger partial charge in [0.15, 0.2) is 11.0 Å². The third-order valence-electron chi connectivity index (χ3n) is 4.52. The standard InChI is InChI=1S/C23H21N3O2S/c1-27-20-13-8-10-17(15-20)22-24-25-23(26(22)19-11-4-3-5-12-19)29-16-18-9-6-7-14-21(18)28-2/h3-15H,16H2,1-2H3. The minimum Gasteiger partial charge on any atom is -0.497 e. The number of ether oxygens (including phenoxy) is 2. The molecule has 0 aliphatic heterocycles. The second-order valence-corrected chi connectivity index (χ2v) is 7.25. The van der Waals surface area contributed by atoms with Crippen molar-refractivity contribution in [1.29, 1.82) is 0 Å². The first-order chi connectivity index (χ1) is 14.3. The van der Waals surface area contributed by atoms with Crippen molar-refractivity contribution >= 4 is 11.8 Å². The van der Waals surface area contributed by atoms with E-state index in [0.29, 0.717) is 0 Å². The molecule has 0 bridgehead atoms. The minimum absolute atomic E-state index is 0.729. The summed E-state index contributed by atoms with van der Waals surface area (Å²) in [6.07, 6.45) is 0. The molecule has 0 atom stereocenters. The van der Waals surface area contributed by atoms with Gasteiger partial charge in [0.25, 0.3) is 0 Å². The number of benzene rings is 3. The van der Waals surface area contributed by atoms with Gasteiger partial charge in [-0.2, -0.15) is 0 Å². The lowest BCUT2D eigenvalue weighted by Gasteiger charge is -2.12. The Morgan fingerprint density at radius 3 is 2.41 bits per heavy atom. The maximum absolute atomic E-state index is 5.48. The van der Waals surface area contributed by atoms with E-state index in [2.05, 4.69) is 33.0 Å². The molecule has 3 aromatic carbocycles. The molecule has 6 heteroatoms. The molecule has 5 nitrogen and oxygen atoms in total. The molecule has 0 spiro atoms. The summed E-state index contributed by atoms with van der Waals surface area (Å²) >= 11 is 1.63. The number of hydrogen-bond donors (Lipinski definition) is 0. The summed E-state index contributed by atoms with van der Waals surface area (Å²) in [5.74, 6) is 3.16. The Bertz CT molecular complexity index is 1100. The highest BCUT2D eigenvalue weighted by Crippen LogP contribution is 2.32. The van der Waals surface area contributed by atoms with E-state index in [1.807, 2.05) is 60.7 Å². The zero-order valence-electron chi connectivity index (χ0n) is 16.3. The molecule has 0 saturated carbocycles. The van der Waals surface area contributed by atoms with Crippen LogP contribution in [0, 0.1) is 0 Å². The van der Waals surface area contributed by atoms with Crippen LogP contribution in [0.25, 0.3) is 17.1 Å². The van der Waals surface area contributed by atoms with E-state index in [1.165, 1.54) is 0 Å². The lowest BCUT2D eigenvalue weighted by Crippen LogP contribution is -2.00. The van der Waals surface area contributed by atoms with Crippen molar-refractivity contribution in [2.75, 3.05) is 14.2 Å². The van der Waals surface area contributed by atoms with E-state index >= 15 is 0 Å². The molecule has 1 aromatic heterocycles. The Labute approximate surface area is 174 Å². The fourth-order valence-corrected chi connectivity index (χ4v) is 4.03. The second-order valence-electron chi connectivity index (χ2n) is 6.31. The molecule has 0 N–H and O–H groups in total. The van der Waals surface area contributed by atoms with Gasteiger partial charge in [0.05, 0.1) is 14.2 Å². The maximum Gasteiger partial charge on any atom is 0.196 e. The fraction of sp³-hybridized carbons (Fsp3) is 0.130. The zero-order chi connectivity index (χ0) is 20.1. The van der Waals surface area contributed by atoms with Crippen molar-refractivity contribution in [3.8, 4) is 28.6 Å². The van der Waals surface area contributed by atoms with E-state index in [9.17, 15) is 0 Å². The van der Waals surface area contributed by atoms with Gasteiger partial charge >= 0.3 is 0 Å². The number of rotatable bonds is 7. The number of aromatic nitrogens is 3. The highest BCUT2D eigenvalue weighted by atomic mass is 32.2. The normalized spacial score (nSPS) is 10.7. The van der Waals surface area contributed by atoms with Gasteiger partial charge in [-0.25, -0.2) is 0 Å². The van der Waals surface area contributed by atoms with Crippen LogP contribution < -0.4 is 9.47 Å². The van der Waals surface area contributed by atoms with Gasteiger partial charge in [-0.05, 0) is 30.3 Å². The SMILES string of the molecule is COc1cccc(-c2nnc(SCc3ccccc3OC)n2-c2ccccc2)c1. The summed E-state index contributed by atoms with van der Waals surface area (Å²) in [6, 6.07) is 26.0. The summed E-state index contributed by atoms with van der Waals surface area (Å²) in [4.78, 5) is 0. The number of nitrogens with zero attached hydrogens (tertiary/aromatic N) is 3. The summed E-state index contributed by atoms with van der Waals surface area (Å²) < 4.78 is 12.9. The molecular formula is C23H21N3O2S. The monoisotopic (exact) mass is 403 g/mol. The molecule has 0 unspecified atom stereocenters. The summed E-state index contributed by atoms with van der Waals surface area (Å²) in [7, 11) is 3.35. The van der Waals surface area contributed by atoms with Crippen LogP contribution in [0.3, 0.4) is 0 Å². The van der Waals surface area contributed by atoms with Crippen LogP contribution in [0.5, 0.6) is 11.5 Å². The summed E-state index contributed by atoms with van der Waals surface area (Å²) in [5, 5.41) is 9.81. The van der Waals surface area contributed by atoms with Gasteiger partial charge in [0.1, 0.15) is 11.5 Å². The second kappa shape index (κ2) is 8.84. The fourth-order valence-electron chi connectivity index (χ4n) is 3.09. The number of para-hydroxylation sites is 2. The molecule has 0 amide bonds. The van der Waals surface area contributed by atoms with Crippen LogP contribution in [-0.2, 0) is 5.75 Å².